The average Bonchev–Trinajstić information content (AvgIpc) is 2.32. The Hall–Kier alpha value is -1.10. The Morgan fingerprint density at radius 2 is 2.22 bits per heavy atom. The van der Waals surface area contributed by atoms with Gasteiger partial charge in [0.05, 0.1) is 11.6 Å². The molecule has 0 aromatic carbocycles. The minimum atomic E-state index is -0.374. The number of hydrogen-bond acceptors (Lipinski definition) is 4. The van der Waals surface area contributed by atoms with Crippen LogP contribution in [0.4, 0.5) is 5.82 Å². The summed E-state index contributed by atoms with van der Waals surface area (Å²) in [5.41, 5.74) is 1.07. The first-order valence-electron chi connectivity index (χ1n) is 5.91. The Labute approximate surface area is 116 Å². The van der Waals surface area contributed by atoms with Gasteiger partial charge < -0.3 is 10.1 Å². The summed E-state index contributed by atoms with van der Waals surface area (Å²) in [5.74, 6) is 0.801. The molecule has 0 fully saturated rings. The normalized spacial score (nSPS) is 12.3. The van der Waals surface area contributed by atoms with Crippen LogP contribution in [0.2, 0.25) is 0 Å². The molecule has 0 saturated carbocycles. The summed E-state index contributed by atoms with van der Waals surface area (Å²) in [5, 5.41) is 3.14. The molecule has 1 atom stereocenters. The maximum absolute atomic E-state index is 11.7. The standard InChI is InChI=1S/C13H19BrN2O2/c1-8(2)7-10(13(17)18-4)16-12-11(14)9(3)5-6-15-12/h5-6,8,10H,7H2,1-4H3,(H,15,16). The van der Waals surface area contributed by atoms with Crippen molar-refractivity contribution >= 4 is 27.7 Å². The first-order valence-corrected chi connectivity index (χ1v) is 6.70. The number of methoxy groups -OCH3 is 1. The van der Waals surface area contributed by atoms with Crippen molar-refractivity contribution in [3.05, 3.63) is 22.3 Å². The molecule has 0 saturated heterocycles. The summed E-state index contributed by atoms with van der Waals surface area (Å²) in [7, 11) is 1.40. The zero-order valence-electron chi connectivity index (χ0n) is 11.2. The van der Waals surface area contributed by atoms with Crippen LogP contribution >= 0.6 is 15.9 Å². The van der Waals surface area contributed by atoms with Gasteiger partial charge in [-0.05, 0) is 46.8 Å². The number of ether oxygens (including phenoxy) is 1. The van der Waals surface area contributed by atoms with Gasteiger partial charge in [0.15, 0.2) is 0 Å². The molecule has 1 rings (SSSR count). The lowest BCUT2D eigenvalue weighted by Crippen LogP contribution is -2.32. The van der Waals surface area contributed by atoms with Gasteiger partial charge >= 0.3 is 5.97 Å². The molecule has 18 heavy (non-hydrogen) atoms. The number of hydrogen-bond donors (Lipinski definition) is 1. The summed E-state index contributed by atoms with van der Waals surface area (Å²) in [4.78, 5) is 16.0. The summed E-state index contributed by atoms with van der Waals surface area (Å²) in [6.07, 6.45) is 2.42. The molecular weight excluding hydrogens is 296 g/mol. The summed E-state index contributed by atoms with van der Waals surface area (Å²) in [6, 6.07) is 1.53. The van der Waals surface area contributed by atoms with Crippen LogP contribution < -0.4 is 5.32 Å². The molecule has 4 nitrogen and oxygen atoms in total. The van der Waals surface area contributed by atoms with Crippen LogP contribution in [-0.4, -0.2) is 24.1 Å². The quantitative estimate of drug-likeness (QED) is 0.848. The number of anilines is 1. The third-order valence-electron chi connectivity index (χ3n) is 2.59. The van der Waals surface area contributed by atoms with Gasteiger partial charge in [-0.25, -0.2) is 9.78 Å². The van der Waals surface area contributed by atoms with Crippen LogP contribution in [0.5, 0.6) is 0 Å². The van der Waals surface area contributed by atoms with Gasteiger partial charge in [0.2, 0.25) is 0 Å². The molecule has 100 valence electrons. The highest BCUT2D eigenvalue weighted by molar-refractivity contribution is 9.10. The highest BCUT2D eigenvalue weighted by atomic mass is 79.9. The SMILES string of the molecule is COC(=O)C(CC(C)C)Nc1nccc(C)c1Br. The van der Waals surface area contributed by atoms with Crippen molar-refractivity contribution in [3.63, 3.8) is 0 Å². The number of carbonyl (C=O) groups excluding carboxylic acids is 1. The van der Waals surface area contributed by atoms with E-state index in [0.29, 0.717) is 18.2 Å². The first-order chi connectivity index (χ1) is 8.45. The predicted molar refractivity (Wildman–Crippen MR) is 75.6 cm³/mol. The number of nitrogens with one attached hydrogen (secondary N) is 1. The van der Waals surface area contributed by atoms with Crippen molar-refractivity contribution < 1.29 is 9.53 Å². The number of aromatic nitrogens is 1. The number of pyridine rings is 1. The second-order valence-corrected chi connectivity index (χ2v) is 5.43. The maximum Gasteiger partial charge on any atom is 0.328 e. The molecule has 0 amide bonds. The fourth-order valence-corrected chi connectivity index (χ4v) is 1.98. The van der Waals surface area contributed by atoms with E-state index >= 15 is 0 Å². The predicted octanol–water partition coefficient (Wildman–Crippen LogP) is 3.15. The van der Waals surface area contributed by atoms with Crippen molar-refractivity contribution in [1.29, 1.82) is 0 Å². The van der Waals surface area contributed by atoms with E-state index in [1.807, 2.05) is 13.0 Å². The Morgan fingerprint density at radius 3 is 2.78 bits per heavy atom. The average molecular weight is 315 g/mol. The van der Waals surface area contributed by atoms with Gasteiger partial charge in [-0.15, -0.1) is 0 Å². The number of carbonyl (C=O) groups is 1. The van der Waals surface area contributed by atoms with Gasteiger partial charge in [0.1, 0.15) is 11.9 Å². The minimum absolute atomic E-state index is 0.265. The smallest absolute Gasteiger partial charge is 0.328 e. The summed E-state index contributed by atoms with van der Waals surface area (Å²) >= 11 is 3.47. The molecule has 1 aromatic rings. The second kappa shape index (κ2) is 6.73. The zero-order chi connectivity index (χ0) is 13.7. The molecule has 0 spiro atoms. The Kier molecular flexibility index (Phi) is 5.59. The molecule has 1 unspecified atom stereocenters. The fraction of sp³-hybridized carbons (Fsp3) is 0.538. The Morgan fingerprint density at radius 1 is 1.56 bits per heavy atom. The number of aryl methyl sites for hydroxylation is 1. The number of rotatable bonds is 5. The first kappa shape index (κ1) is 15.0. The summed E-state index contributed by atoms with van der Waals surface area (Å²) in [6.45, 7) is 6.11. The van der Waals surface area contributed by atoms with E-state index in [1.165, 1.54) is 7.11 Å². The van der Waals surface area contributed by atoms with Crippen molar-refractivity contribution in [3.8, 4) is 0 Å². The minimum Gasteiger partial charge on any atom is -0.467 e. The molecule has 1 heterocycles. The van der Waals surface area contributed by atoms with Crippen molar-refractivity contribution in [2.45, 2.75) is 33.2 Å². The number of esters is 1. The monoisotopic (exact) mass is 314 g/mol. The van der Waals surface area contributed by atoms with Crippen LogP contribution in [-0.2, 0) is 9.53 Å². The molecule has 5 heteroatoms. The van der Waals surface area contributed by atoms with Gasteiger partial charge in [-0.3, -0.25) is 0 Å². The van der Waals surface area contributed by atoms with E-state index in [2.05, 4.69) is 40.1 Å². The molecule has 1 N–H and O–H groups in total. The summed E-state index contributed by atoms with van der Waals surface area (Å²) < 4.78 is 5.69. The maximum atomic E-state index is 11.7. The largest absolute Gasteiger partial charge is 0.467 e. The fourth-order valence-electron chi connectivity index (χ4n) is 1.63. The topological polar surface area (TPSA) is 51.2 Å². The lowest BCUT2D eigenvalue weighted by Gasteiger charge is -2.19. The van der Waals surface area contributed by atoms with E-state index in [1.54, 1.807) is 6.20 Å². The van der Waals surface area contributed by atoms with E-state index in [4.69, 9.17) is 4.74 Å². The number of halogens is 1. The van der Waals surface area contributed by atoms with Crippen molar-refractivity contribution in [2.75, 3.05) is 12.4 Å². The van der Waals surface area contributed by atoms with Gasteiger partial charge in [-0.2, -0.15) is 0 Å². The van der Waals surface area contributed by atoms with Gasteiger partial charge in [0, 0.05) is 6.20 Å². The molecule has 0 aliphatic heterocycles. The van der Waals surface area contributed by atoms with Crippen LogP contribution in [0.1, 0.15) is 25.8 Å². The molecule has 0 aliphatic rings. The van der Waals surface area contributed by atoms with Crippen molar-refractivity contribution in [2.24, 2.45) is 5.92 Å². The van der Waals surface area contributed by atoms with E-state index in [0.717, 1.165) is 10.0 Å². The molecule has 0 bridgehead atoms. The third-order valence-corrected chi connectivity index (χ3v) is 3.59. The van der Waals surface area contributed by atoms with Gasteiger partial charge in [0.25, 0.3) is 0 Å². The molecule has 0 aliphatic carbocycles. The van der Waals surface area contributed by atoms with Crippen LogP contribution in [0.3, 0.4) is 0 Å². The third kappa shape index (κ3) is 3.98. The second-order valence-electron chi connectivity index (χ2n) is 4.64. The molecule has 0 radical (unpaired) electrons. The van der Waals surface area contributed by atoms with E-state index < -0.39 is 0 Å². The van der Waals surface area contributed by atoms with Crippen LogP contribution in [0, 0.1) is 12.8 Å². The van der Waals surface area contributed by atoms with Gasteiger partial charge in [-0.1, -0.05) is 13.8 Å². The number of nitrogens with zero attached hydrogens (tertiary/aromatic N) is 1. The molecular formula is C13H19BrN2O2. The van der Waals surface area contributed by atoms with Crippen LogP contribution in [0.15, 0.2) is 16.7 Å². The zero-order valence-corrected chi connectivity index (χ0v) is 12.7. The highest BCUT2D eigenvalue weighted by Gasteiger charge is 2.21. The Balaban J connectivity index is 2.88. The van der Waals surface area contributed by atoms with Crippen LogP contribution in [0.25, 0.3) is 0 Å². The highest BCUT2D eigenvalue weighted by Crippen LogP contribution is 2.25. The molecule has 1 aromatic heterocycles. The lowest BCUT2D eigenvalue weighted by molar-refractivity contribution is -0.141. The van der Waals surface area contributed by atoms with E-state index in [-0.39, 0.29) is 12.0 Å². The van der Waals surface area contributed by atoms with Crippen molar-refractivity contribution in [1.82, 2.24) is 4.98 Å². The van der Waals surface area contributed by atoms with E-state index in [9.17, 15) is 4.79 Å². The Bertz CT molecular complexity index is 421. The lowest BCUT2D eigenvalue weighted by atomic mass is 10.0.